The molecule has 9 nitrogen and oxygen atoms in total. The lowest BCUT2D eigenvalue weighted by Gasteiger charge is -2.29. The lowest BCUT2D eigenvalue weighted by atomic mass is 10.0. The zero-order valence-corrected chi connectivity index (χ0v) is 18.9. The Balaban J connectivity index is 1.41. The van der Waals surface area contributed by atoms with Crippen molar-refractivity contribution in [1.29, 1.82) is 0 Å². The highest BCUT2D eigenvalue weighted by molar-refractivity contribution is 5.92. The standard InChI is InChI=1S/C23H30N6O3/c1-15(30)29-11-8-16(12-29)22-26-20-9-10-28(13-19(20)23(24-2)27-22)14-21(31)25-17-4-6-18(32-3)7-5-17/h4-7,16H,8-14H2,1-3H3,(H,25,31)(H,24,26,27)/t16-/m1/s1. The molecule has 1 aromatic heterocycles. The molecule has 32 heavy (non-hydrogen) atoms. The second-order valence-electron chi connectivity index (χ2n) is 8.29. The van der Waals surface area contributed by atoms with Crippen LogP contribution in [0.2, 0.25) is 0 Å². The average Bonchev–Trinajstić information content (AvgIpc) is 3.29. The number of carbonyl (C=O) groups excluding carboxylic acids is 2. The predicted molar refractivity (Wildman–Crippen MR) is 122 cm³/mol. The van der Waals surface area contributed by atoms with Gasteiger partial charge in [0.15, 0.2) is 0 Å². The van der Waals surface area contributed by atoms with Crippen molar-refractivity contribution in [3.63, 3.8) is 0 Å². The molecule has 2 aliphatic heterocycles. The Kier molecular flexibility index (Phi) is 6.55. The van der Waals surface area contributed by atoms with E-state index in [4.69, 9.17) is 14.7 Å². The zero-order chi connectivity index (χ0) is 22.7. The molecule has 0 unspecified atom stereocenters. The Morgan fingerprint density at radius 3 is 2.62 bits per heavy atom. The maximum Gasteiger partial charge on any atom is 0.238 e. The van der Waals surface area contributed by atoms with Crippen molar-refractivity contribution >= 4 is 23.3 Å². The maximum absolute atomic E-state index is 12.6. The Hall–Kier alpha value is -3.20. The van der Waals surface area contributed by atoms with Crippen LogP contribution in [0, 0.1) is 0 Å². The normalized spacial score (nSPS) is 18.2. The number of anilines is 2. The monoisotopic (exact) mass is 438 g/mol. The van der Waals surface area contributed by atoms with Crippen LogP contribution in [0.5, 0.6) is 5.75 Å². The number of amides is 2. The number of benzene rings is 1. The fourth-order valence-electron chi connectivity index (χ4n) is 4.35. The molecule has 0 radical (unpaired) electrons. The van der Waals surface area contributed by atoms with Gasteiger partial charge in [0.2, 0.25) is 11.8 Å². The second-order valence-corrected chi connectivity index (χ2v) is 8.29. The molecule has 0 aliphatic carbocycles. The number of hydrogen-bond acceptors (Lipinski definition) is 7. The van der Waals surface area contributed by atoms with Crippen LogP contribution in [-0.2, 0) is 22.6 Å². The lowest BCUT2D eigenvalue weighted by molar-refractivity contribution is -0.127. The molecule has 1 atom stereocenters. The Morgan fingerprint density at radius 2 is 1.97 bits per heavy atom. The topological polar surface area (TPSA) is 99.7 Å². The van der Waals surface area contributed by atoms with E-state index < -0.39 is 0 Å². The number of aromatic nitrogens is 2. The van der Waals surface area contributed by atoms with Gasteiger partial charge >= 0.3 is 0 Å². The van der Waals surface area contributed by atoms with E-state index in [1.165, 1.54) is 0 Å². The van der Waals surface area contributed by atoms with E-state index in [1.807, 2.05) is 36.2 Å². The summed E-state index contributed by atoms with van der Waals surface area (Å²) in [5.74, 6) is 2.58. The number of likely N-dealkylation sites (tertiary alicyclic amines) is 1. The number of nitrogens with one attached hydrogen (secondary N) is 2. The first-order valence-corrected chi connectivity index (χ1v) is 11.0. The van der Waals surface area contributed by atoms with Gasteiger partial charge in [-0.3, -0.25) is 14.5 Å². The number of rotatable bonds is 6. The van der Waals surface area contributed by atoms with Gasteiger partial charge in [0.05, 0.1) is 19.3 Å². The lowest BCUT2D eigenvalue weighted by Crippen LogP contribution is -2.38. The first kappa shape index (κ1) is 22.0. The van der Waals surface area contributed by atoms with E-state index in [2.05, 4.69) is 15.5 Å². The molecule has 2 aliphatic rings. The summed E-state index contributed by atoms with van der Waals surface area (Å²) >= 11 is 0. The molecule has 0 saturated carbocycles. The van der Waals surface area contributed by atoms with Crippen LogP contribution in [0.1, 0.15) is 36.3 Å². The van der Waals surface area contributed by atoms with E-state index in [0.717, 1.165) is 60.3 Å². The molecule has 1 aromatic carbocycles. The molecule has 170 valence electrons. The highest BCUT2D eigenvalue weighted by Gasteiger charge is 2.30. The van der Waals surface area contributed by atoms with Crippen LogP contribution >= 0.6 is 0 Å². The van der Waals surface area contributed by atoms with Gasteiger partial charge < -0.3 is 20.3 Å². The minimum atomic E-state index is -0.0579. The summed E-state index contributed by atoms with van der Waals surface area (Å²) in [6, 6.07) is 7.29. The quantitative estimate of drug-likeness (QED) is 0.710. The minimum Gasteiger partial charge on any atom is -0.497 e. The SMILES string of the molecule is CNc1nc([C@@H]2CCN(C(C)=O)C2)nc2c1CN(CC(=O)Nc1ccc(OC)cc1)CC2. The van der Waals surface area contributed by atoms with Crippen LogP contribution in [0.4, 0.5) is 11.5 Å². The van der Waals surface area contributed by atoms with Crippen molar-refractivity contribution in [1.82, 2.24) is 19.8 Å². The molecule has 1 fully saturated rings. The summed E-state index contributed by atoms with van der Waals surface area (Å²) in [5.41, 5.74) is 2.82. The van der Waals surface area contributed by atoms with Crippen LogP contribution < -0.4 is 15.4 Å². The third-order valence-corrected chi connectivity index (χ3v) is 6.13. The van der Waals surface area contributed by atoms with E-state index in [1.54, 1.807) is 14.0 Å². The van der Waals surface area contributed by atoms with Gasteiger partial charge in [-0.15, -0.1) is 0 Å². The molecule has 3 heterocycles. The molecular formula is C23H30N6O3. The van der Waals surface area contributed by atoms with Crippen molar-refractivity contribution in [3.8, 4) is 5.75 Å². The van der Waals surface area contributed by atoms with E-state index in [0.29, 0.717) is 19.6 Å². The van der Waals surface area contributed by atoms with Crippen molar-refractivity contribution < 1.29 is 14.3 Å². The first-order chi connectivity index (χ1) is 15.5. The summed E-state index contributed by atoms with van der Waals surface area (Å²) in [6.07, 6.45) is 1.65. The fourth-order valence-corrected chi connectivity index (χ4v) is 4.35. The van der Waals surface area contributed by atoms with Crippen molar-refractivity contribution in [2.45, 2.75) is 32.2 Å². The largest absolute Gasteiger partial charge is 0.497 e. The van der Waals surface area contributed by atoms with Gasteiger partial charge in [-0.05, 0) is 30.7 Å². The molecule has 9 heteroatoms. The third-order valence-electron chi connectivity index (χ3n) is 6.13. The number of fused-ring (bicyclic) bond motifs is 1. The summed E-state index contributed by atoms with van der Waals surface area (Å²) < 4.78 is 5.15. The molecule has 2 aromatic rings. The van der Waals surface area contributed by atoms with Crippen LogP contribution in [-0.4, -0.2) is 71.9 Å². The Bertz CT molecular complexity index is 977. The fraction of sp³-hybridized carbons (Fsp3) is 0.478. The summed E-state index contributed by atoms with van der Waals surface area (Å²) in [5, 5.41) is 6.14. The smallest absolute Gasteiger partial charge is 0.238 e. The van der Waals surface area contributed by atoms with Crippen LogP contribution in [0.15, 0.2) is 24.3 Å². The molecule has 2 N–H and O–H groups in total. The molecule has 0 spiro atoms. The molecule has 0 bridgehead atoms. The number of hydrogen-bond donors (Lipinski definition) is 2. The van der Waals surface area contributed by atoms with Crippen LogP contribution in [0.25, 0.3) is 0 Å². The molecule has 4 rings (SSSR count). The van der Waals surface area contributed by atoms with E-state index >= 15 is 0 Å². The van der Waals surface area contributed by atoms with Gasteiger partial charge in [0, 0.05) is 63.7 Å². The predicted octanol–water partition coefficient (Wildman–Crippen LogP) is 1.86. The second kappa shape index (κ2) is 9.52. The highest BCUT2D eigenvalue weighted by atomic mass is 16.5. The van der Waals surface area contributed by atoms with Gasteiger partial charge in [-0.2, -0.15) is 0 Å². The third kappa shape index (κ3) is 4.83. The summed E-state index contributed by atoms with van der Waals surface area (Å²) in [7, 11) is 3.47. The van der Waals surface area contributed by atoms with Gasteiger partial charge in [-0.1, -0.05) is 0 Å². The van der Waals surface area contributed by atoms with Crippen molar-refractivity contribution in [3.05, 3.63) is 41.3 Å². The highest BCUT2D eigenvalue weighted by Crippen LogP contribution is 2.30. The average molecular weight is 439 g/mol. The summed E-state index contributed by atoms with van der Waals surface area (Å²) in [4.78, 5) is 37.8. The van der Waals surface area contributed by atoms with Gasteiger partial charge in [0.25, 0.3) is 0 Å². The Morgan fingerprint density at radius 1 is 1.19 bits per heavy atom. The van der Waals surface area contributed by atoms with E-state index in [-0.39, 0.29) is 17.7 Å². The molecule has 1 saturated heterocycles. The number of methoxy groups -OCH3 is 1. The van der Waals surface area contributed by atoms with Gasteiger partial charge in [0.1, 0.15) is 17.4 Å². The minimum absolute atomic E-state index is 0.0579. The van der Waals surface area contributed by atoms with Crippen molar-refractivity contribution in [2.75, 3.05) is 51.0 Å². The Labute approximate surface area is 188 Å². The van der Waals surface area contributed by atoms with Crippen LogP contribution in [0.3, 0.4) is 0 Å². The molecular weight excluding hydrogens is 408 g/mol. The molecule has 2 amide bonds. The number of nitrogens with zero attached hydrogens (tertiary/aromatic N) is 4. The summed E-state index contributed by atoms with van der Waals surface area (Å²) in [6.45, 7) is 4.71. The zero-order valence-electron chi connectivity index (χ0n) is 18.9. The van der Waals surface area contributed by atoms with E-state index in [9.17, 15) is 9.59 Å². The number of ether oxygens (including phenoxy) is 1. The number of carbonyl (C=O) groups is 2. The first-order valence-electron chi connectivity index (χ1n) is 11.0. The van der Waals surface area contributed by atoms with Crippen molar-refractivity contribution in [2.24, 2.45) is 0 Å². The maximum atomic E-state index is 12.6. The van der Waals surface area contributed by atoms with Gasteiger partial charge in [-0.25, -0.2) is 9.97 Å².